The van der Waals surface area contributed by atoms with Crippen molar-refractivity contribution in [2.75, 3.05) is 20.2 Å². The summed E-state index contributed by atoms with van der Waals surface area (Å²) in [5.74, 6) is 1.69. The van der Waals surface area contributed by atoms with E-state index in [0.29, 0.717) is 0 Å². The number of methoxy groups -OCH3 is 1. The summed E-state index contributed by atoms with van der Waals surface area (Å²) < 4.78 is 5.19. The Balaban J connectivity index is 1.95. The molecule has 1 aliphatic carbocycles. The molecule has 0 saturated heterocycles. The predicted molar refractivity (Wildman–Crippen MR) is 69.4 cm³/mol. The van der Waals surface area contributed by atoms with E-state index in [2.05, 4.69) is 10.3 Å². The van der Waals surface area contributed by atoms with E-state index in [1.165, 1.54) is 0 Å². The van der Waals surface area contributed by atoms with Gasteiger partial charge >= 0.3 is 0 Å². The zero-order valence-electron chi connectivity index (χ0n) is 10.4. The number of hydrogen-bond donors (Lipinski definition) is 1. The highest BCUT2D eigenvalue weighted by atomic mass is 16.5. The number of nitrogens with zero attached hydrogens (tertiary/aromatic N) is 1. The molecule has 0 aromatic heterocycles. The Morgan fingerprint density at radius 1 is 1.44 bits per heavy atom. The molecular weight excluding hydrogens is 228 g/mol. The summed E-state index contributed by atoms with van der Waals surface area (Å²) in [7, 11) is 1.62. The first-order chi connectivity index (χ1) is 8.79. The average molecular weight is 244 g/mol. The third-order valence-electron chi connectivity index (χ3n) is 3.63. The van der Waals surface area contributed by atoms with Gasteiger partial charge in [-0.25, -0.2) is 0 Å². The lowest BCUT2D eigenvalue weighted by Crippen LogP contribution is -2.35. The molecule has 1 N–H and O–H groups in total. The number of nitrogens with one attached hydrogen (secondary N) is 1. The SMILES string of the molecule is COc1ccc2c(c1)C(=O)C(C1=NCCN1)CC2. The number of aliphatic imine (C=N–C) groups is 1. The third kappa shape index (κ3) is 1.78. The zero-order chi connectivity index (χ0) is 12.5. The van der Waals surface area contributed by atoms with Crippen LogP contribution < -0.4 is 10.1 Å². The van der Waals surface area contributed by atoms with E-state index in [4.69, 9.17) is 4.74 Å². The number of rotatable bonds is 2. The first-order valence-corrected chi connectivity index (χ1v) is 6.29. The van der Waals surface area contributed by atoms with Crippen LogP contribution in [0.3, 0.4) is 0 Å². The van der Waals surface area contributed by atoms with Crippen molar-refractivity contribution in [3.05, 3.63) is 29.3 Å². The van der Waals surface area contributed by atoms with E-state index in [0.717, 1.165) is 48.6 Å². The average Bonchev–Trinajstić information content (AvgIpc) is 2.93. The van der Waals surface area contributed by atoms with E-state index < -0.39 is 0 Å². The molecular formula is C14H16N2O2. The first-order valence-electron chi connectivity index (χ1n) is 6.29. The molecule has 18 heavy (non-hydrogen) atoms. The molecule has 1 atom stereocenters. The zero-order valence-corrected chi connectivity index (χ0v) is 10.4. The normalized spacial score (nSPS) is 22.2. The number of fused-ring (bicyclic) bond motifs is 1. The standard InChI is InChI=1S/C14H16N2O2/c1-18-10-4-2-9-3-5-11(13(17)12(9)8-10)14-15-6-7-16-14/h2,4,8,11H,3,5-7H2,1H3,(H,15,16). The Morgan fingerprint density at radius 3 is 3.06 bits per heavy atom. The third-order valence-corrected chi connectivity index (χ3v) is 3.63. The number of amidine groups is 1. The van der Waals surface area contributed by atoms with Crippen molar-refractivity contribution < 1.29 is 9.53 Å². The van der Waals surface area contributed by atoms with Gasteiger partial charge in [-0.2, -0.15) is 0 Å². The molecule has 4 nitrogen and oxygen atoms in total. The number of carbonyl (C=O) groups is 1. The number of benzene rings is 1. The lowest BCUT2D eigenvalue weighted by molar-refractivity contribution is 0.0939. The van der Waals surface area contributed by atoms with Crippen molar-refractivity contribution in [1.29, 1.82) is 0 Å². The predicted octanol–water partition coefficient (Wildman–Crippen LogP) is 1.44. The minimum absolute atomic E-state index is 0.0906. The summed E-state index contributed by atoms with van der Waals surface area (Å²) in [5.41, 5.74) is 1.91. The summed E-state index contributed by atoms with van der Waals surface area (Å²) in [6, 6.07) is 5.75. The summed E-state index contributed by atoms with van der Waals surface area (Å²) in [5, 5.41) is 3.21. The number of aryl methyl sites for hydroxylation is 1. The topological polar surface area (TPSA) is 50.7 Å². The van der Waals surface area contributed by atoms with Gasteiger partial charge in [0.15, 0.2) is 5.78 Å². The van der Waals surface area contributed by atoms with Crippen molar-refractivity contribution >= 4 is 11.6 Å². The van der Waals surface area contributed by atoms with Gasteiger partial charge in [-0.1, -0.05) is 6.07 Å². The van der Waals surface area contributed by atoms with Gasteiger partial charge in [0.1, 0.15) is 11.6 Å². The second-order valence-corrected chi connectivity index (χ2v) is 4.67. The van der Waals surface area contributed by atoms with Gasteiger partial charge in [0, 0.05) is 12.1 Å². The lowest BCUT2D eigenvalue weighted by atomic mass is 9.82. The van der Waals surface area contributed by atoms with Crippen LogP contribution in [0.4, 0.5) is 0 Å². The summed E-state index contributed by atoms with van der Waals surface area (Å²) in [6.07, 6.45) is 1.78. The van der Waals surface area contributed by atoms with Crippen LogP contribution >= 0.6 is 0 Å². The molecule has 0 radical (unpaired) electrons. The van der Waals surface area contributed by atoms with E-state index in [9.17, 15) is 4.79 Å². The second-order valence-electron chi connectivity index (χ2n) is 4.67. The molecule has 2 aliphatic rings. The van der Waals surface area contributed by atoms with Crippen LogP contribution in [0, 0.1) is 5.92 Å². The van der Waals surface area contributed by atoms with Crippen molar-refractivity contribution in [3.8, 4) is 5.75 Å². The molecule has 0 bridgehead atoms. The maximum Gasteiger partial charge on any atom is 0.173 e. The van der Waals surface area contributed by atoms with Crippen LogP contribution in [0.15, 0.2) is 23.2 Å². The van der Waals surface area contributed by atoms with E-state index in [-0.39, 0.29) is 11.7 Å². The number of ether oxygens (including phenoxy) is 1. The fourth-order valence-corrected chi connectivity index (χ4v) is 2.66. The number of Topliss-reactive ketones (excluding diaryl/α,β-unsaturated/α-hetero) is 1. The molecule has 3 rings (SSSR count). The van der Waals surface area contributed by atoms with Gasteiger partial charge in [0.25, 0.3) is 0 Å². The Labute approximate surface area is 106 Å². The van der Waals surface area contributed by atoms with Gasteiger partial charge < -0.3 is 10.1 Å². The Kier molecular flexibility index (Phi) is 2.78. The largest absolute Gasteiger partial charge is 0.497 e. The van der Waals surface area contributed by atoms with Crippen molar-refractivity contribution in [2.45, 2.75) is 12.8 Å². The molecule has 1 aliphatic heterocycles. The van der Waals surface area contributed by atoms with Gasteiger partial charge in [-0.3, -0.25) is 9.79 Å². The Bertz CT molecular complexity index is 523. The van der Waals surface area contributed by atoms with Crippen molar-refractivity contribution in [1.82, 2.24) is 5.32 Å². The molecule has 1 aromatic carbocycles. The molecule has 0 spiro atoms. The van der Waals surface area contributed by atoms with Crippen LogP contribution in [0.25, 0.3) is 0 Å². The fraction of sp³-hybridized carbons (Fsp3) is 0.429. The summed E-state index contributed by atoms with van der Waals surface area (Å²) in [6.45, 7) is 1.63. The van der Waals surface area contributed by atoms with Gasteiger partial charge in [-0.15, -0.1) is 0 Å². The molecule has 94 valence electrons. The number of ketones is 1. The van der Waals surface area contributed by atoms with Crippen LogP contribution in [0.1, 0.15) is 22.3 Å². The molecule has 1 unspecified atom stereocenters. The van der Waals surface area contributed by atoms with Crippen molar-refractivity contribution in [2.24, 2.45) is 10.9 Å². The van der Waals surface area contributed by atoms with Gasteiger partial charge in [0.2, 0.25) is 0 Å². The molecule has 0 amide bonds. The highest BCUT2D eigenvalue weighted by molar-refractivity contribution is 6.13. The minimum atomic E-state index is -0.0906. The number of carbonyl (C=O) groups excluding carboxylic acids is 1. The second kappa shape index (κ2) is 4.44. The fourth-order valence-electron chi connectivity index (χ4n) is 2.66. The van der Waals surface area contributed by atoms with Crippen LogP contribution in [-0.2, 0) is 6.42 Å². The maximum atomic E-state index is 12.5. The Morgan fingerprint density at radius 2 is 2.33 bits per heavy atom. The molecule has 1 aromatic rings. The van der Waals surface area contributed by atoms with Gasteiger partial charge in [0.05, 0.1) is 19.6 Å². The van der Waals surface area contributed by atoms with E-state index in [1.807, 2.05) is 18.2 Å². The van der Waals surface area contributed by atoms with Crippen LogP contribution in [0.2, 0.25) is 0 Å². The smallest absolute Gasteiger partial charge is 0.173 e. The molecule has 0 saturated carbocycles. The van der Waals surface area contributed by atoms with Crippen LogP contribution in [-0.4, -0.2) is 31.8 Å². The van der Waals surface area contributed by atoms with E-state index in [1.54, 1.807) is 7.11 Å². The Hall–Kier alpha value is -1.84. The maximum absolute atomic E-state index is 12.5. The van der Waals surface area contributed by atoms with Crippen molar-refractivity contribution in [3.63, 3.8) is 0 Å². The highest BCUT2D eigenvalue weighted by Crippen LogP contribution is 2.29. The van der Waals surface area contributed by atoms with E-state index >= 15 is 0 Å². The quantitative estimate of drug-likeness (QED) is 0.856. The van der Waals surface area contributed by atoms with Gasteiger partial charge in [-0.05, 0) is 30.5 Å². The minimum Gasteiger partial charge on any atom is -0.497 e. The highest BCUT2D eigenvalue weighted by Gasteiger charge is 2.32. The molecule has 1 heterocycles. The summed E-state index contributed by atoms with van der Waals surface area (Å²) in [4.78, 5) is 16.9. The molecule has 0 fully saturated rings. The number of hydrogen-bond acceptors (Lipinski definition) is 4. The molecule has 4 heteroatoms. The lowest BCUT2D eigenvalue weighted by Gasteiger charge is -2.23. The monoisotopic (exact) mass is 244 g/mol. The van der Waals surface area contributed by atoms with Crippen LogP contribution in [0.5, 0.6) is 5.75 Å². The summed E-state index contributed by atoms with van der Waals surface area (Å²) >= 11 is 0. The first kappa shape index (κ1) is 11.3.